The molecule has 0 saturated carbocycles. The molecule has 0 aliphatic carbocycles. The van der Waals surface area contributed by atoms with Crippen molar-refractivity contribution in [3.8, 4) is 0 Å². The number of esters is 2. The highest BCUT2D eigenvalue weighted by Crippen LogP contribution is 2.43. The van der Waals surface area contributed by atoms with Crippen molar-refractivity contribution in [1.29, 1.82) is 0 Å². The van der Waals surface area contributed by atoms with E-state index in [0.717, 1.165) is 45.4 Å². The first kappa shape index (κ1) is 69.7. The number of amides is 1. The number of unbranched alkanes of at least 4 members (excludes halogenated alkanes) is 28. The van der Waals surface area contributed by atoms with Crippen LogP contribution >= 0.6 is 7.82 Å². The van der Waals surface area contributed by atoms with E-state index in [4.69, 9.17) is 28.0 Å². The second-order valence-electron chi connectivity index (χ2n) is 20.3. The van der Waals surface area contributed by atoms with Gasteiger partial charge in [-0.05, 0) is 12.8 Å². The molecule has 8 atom stereocenters. The summed E-state index contributed by atoms with van der Waals surface area (Å²) in [6.45, 7) is 2.91. The van der Waals surface area contributed by atoms with E-state index in [1.807, 2.05) is 0 Å². The average Bonchev–Trinajstić information content (AvgIpc) is 3.36. The molecule has 74 heavy (non-hydrogen) atoms. The van der Waals surface area contributed by atoms with Crippen molar-refractivity contribution in [2.75, 3.05) is 46.1 Å². The van der Waals surface area contributed by atoms with E-state index in [0.29, 0.717) is 12.8 Å². The van der Waals surface area contributed by atoms with Crippen molar-refractivity contribution in [3.05, 3.63) is 0 Å². The van der Waals surface area contributed by atoms with Crippen LogP contribution in [0.3, 0.4) is 0 Å². The summed E-state index contributed by atoms with van der Waals surface area (Å²) >= 11 is 0. The lowest BCUT2D eigenvalue weighted by Crippen LogP contribution is -2.68. The molecule has 1 aliphatic heterocycles. The number of hydrogen-bond acceptors (Lipinski definition) is 16. The van der Waals surface area contributed by atoms with Crippen LogP contribution in [0.2, 0.25) is 0 Å². The van der Waals surface area contributed by atoms with Gasteiger partial charge in [0.15, 0.2) is 6.10 Å². The number of phosphoric acid groups is 1. The quantitative estimate of drug-likeness (QED) is 0.0160. The van der Waals surface area contributed by atoms with Gasteiger partial charge < -0.3 is 60.0 Å². The van der Waals surface area contributed by atoms with Crippen LogP contribution in [0.4, 0.5) is 0 Å². The van der Waals surface area contributed by atoms with E-state index in [-0.39, 0.29) is 45.8 Å². The predicted molar refractivity (Wildman–Crippen MR) is 283 cm³/mol. The zero-order chi connectivity index (χ0) is 54.7. The first-order chi connectivity index (χ1) is 35.6. The van der Waals surface area contributed by atoms with E-state index >= 15 is 0 Å². The largest absolute Gasteiger partial charge is 0.477 e. The third-order valence-corrected chi connectivity index (χ3v) is 14.4. The second kappa shape index (κ2) is 44.7. The molecule has 0 aromatic rings. The molecular formula is C54H103N2O17P. The third kappa shape index (κ3) is 35.2. The normalized spacial score (nSPS) is 19.9. The molecule has 0 aromatic heterocycles. The molecule has 20 heteroatoms. The standard InChI is InChI=1S/C54H103N2O17P/c1-4-6-8-10-12-14-16-18-20-22-24-26-28-30-32-34-48(61)68-42-45(72-49(62)35-33-31-29-27-25-23-21-19-17-15-13-11-9-7-5-2)43-71-74(66,67)70-39-37-55-36-38-69-54(53(64)65)40-46(59)50(56-44(3)58)52(73-54)51(63)47(60)41-57/h45-47,50-52,55,57,59-60,63H,4-43H2,1-3H3,(H,56,58)(H,64,65)(H,66,67). The Morgan fingerprint density at radius 2 is 1.08 bits per heavy atom. The predicted octanol–water partition coefficient (Wildman–Crippen LogP) is 8.85. The number of ether oxygens (including phenoxy) is 4. The minimum atomic E-state index is -4.71. The van der Waals surface area contributed by atoms with Gasteiger partial charge >= 0.3 is 25.7 Å². The minimum absolute atomic E-state index is 0.0515. The van der Waals surface area contributed by atoms with Gasteiger partial charge in [-0.2, -0.15) is 0 Å². The maximum absolute atomic E-state index is 12.9. The van der Waals surface area contributed by atoms with E-state index in [9.17, 15) is 54.2 Å². The first-order valence-electron chi connectivity index (χ1n) is 28.8. The molecule has 0 radical (unpaired) electrons. The van der Waals surface area contributed by atoms with Gasteiger partial charge in [-0.1, -0.05) is 194 Å². The molecule has 1 heterocycles. The monoisotopic (exact) mass is 1080 g/mol. The fraction of sp³-hybridized carbons (Fsp3) is 0.926. The molecule has 8 N–H and O–H groups in total. The lowest BCUT2D eigenvalue weighted by atomic mass is 9.88. The minimum Gasteiger partial charge on any atom is -0.477 e. The van der Waals surface area contributed by atoms with Gasteiger partial charge in [0.05, 0.1) is 38.6 Å². The maximum Gasteiger partial charge on any atom is 0.472 e. The Hall–Kier alpha value is -2.29. The number of aliphatic carboxylic acids is 1. The molecule has 8 unspecified atom stereocenters. The van der Waals surface area contributed by atoms with Crippen LogP contribution in [0.5, 0.6) is 0 Å². The van der Waals surface area contributed by atoms with Gasteiger partial charge in [0.2, 0.25) is 5.91 Å². The zero-order valence-electron chi connectivity index (χ0n) is 45.9. The smallest absolute Gasteiger partial charge is 0.472 e. The molecule has 0 aromatic carbocycles. The van der Waals surface area contributed by atoms with Crippen molar-refractivity contribution in [2.24, 2.45) is 0 Å². The Morgan fingerprint density at radius 3 is 1.51 bits per heavy atom. The van der Waals surface area contributed by atoms with Gasteiger partial charge in [-0.3, -0.25) is 23.4 Å². The SMILES string of the molecule is CCCCCCCCCCCCCCCCCC(=O)OCC(COP(=O)(O)OCCNCCOC1(C(=O)O)CC(O)C(NC(C)=O)C(C(O)C(O)CO)O1)OC(=O)CCCCCCCCCCCCCCCCC. The number of phosphoric ester groups is 1. The summed E-state index contributed by atoms with van der Waals surface area (Å²) in [4.78, 5) is 60.2. The van der Waals surface area contributed by atoms with Crippen LogP contribution in [0.1, 0.15) is 233 Å². The van der Waals surface area contributed by atoms with Gasteiger partial charge in [0.25, 0.3) is 5.79 Å². The number of aliphatic hydroxyl groups excluding tert-OH is 4. The maximum atomic E-state index is 12.9. The van der Waals surface area contributed by atoms with Crippen molar-refractivity contribution in [2.45, 2.75) is 275 Å². The highest BCUT2D eigenvalue weighted by molar-refractivity contribution is 7.47. The van der Waals surface area contributed by atoms with Gasteiger partial charge in [-0.25, -0.2) is 9.36 Å². The van der Waals surface area contributed by atoms with Crippen LogP contribution in [0.25, 0.3) is 0 Å². The highest BCUT2D eigenvalue weighted by Gasteiger charge is 2.55. The van der Waals surface area contributed by atoms with Crippen molar-refractivity contribution in [3.63, 3.8) is 0 Å². The number of hydrogen-bond donors (Lipinski definition) is 8. The third-order valence-electron chi connectivity index (χ3n) is 13.5. The van der Waals surface area contributed by atoms with Gasteiger partial charge in [-0.15, -0.1) is 0 Å². The van der Waals surface area contributed by atoms with E-state index in [1.54, 1.807) is 0 Å². The average molecular weight is 1080 g/mol. The van der Waals surface area contributed by atoms with Crippen molar-refractivity contribution < 1.29 is 82.2 Å². The zero-order valence-corrected chi connectivity index (χ0v) is 46.8. The Kier molecular flexibility index (Phi) is 42.1. The lowest BCUT2D eigenvalue weighted by Gasteiger charge is -2.46. The number of rotatable bonds is 51. The second-order valence-corrected chi connectivity index (χ2v) is 21.7. The topological polar surface area (TPSA) is 286 Å². The molecule has 19 nitrogen and oxygen atoms in total. The van der Waals surface area contributed by atoms with E-state index < -0.39 is 93.6 Å². The van der Waals surface area contributed by atoms with Gasteiger partial charge in [0, 0.05) is 39.3 Å². The summed E-state index contributed by atoms with van der Waals surface area (Å²) in [5, 5.41) is 56.0. The summed E-state index contributed by atoms with van der Waals surface area (Å²) in [6, 6.07) is -1.35. The van der Waals surface area contributed by atoms with Crippen LogP contribution in [0, 0.1) is 0 Å². The molecule has 0 spiro atoms. The van der Waals surface area contributed by atoms with Crippen LogP contribution in [-0.4, -0.2) is 143 Å². The van der Waals surface area contributed by atoms with Crippen LogP contribution in [0.15, 0.2) is 0 Å². The summed E-state index contributed by atoms with van der Waals surface area (Å²) in [6.07, 6.45) is 27.3. The highest BCUT2D eigenvalue weighted by atomic mass is 31.2. The molecule has 436 valence electrons. The molecule has 1 fully saturated rings. The number of carbonyl (C=O) groups is 4. The number of aliphatic hydroxyl groups is 4. The summed E-state index contributed by atoms with van der Waals surface area (Å²) in [5.41, 5.74) is 0. The molecule has 1 saturated heterocycles. The number of carboxylic acid groups (broad SMARTS) is 1. The summed E-state index contributed by atoms with van der Waals surface area (Å²) in [7, 11) is -4.71. The molecule has 1 rings (SSSR count). The Bertz CT molecular complexity index is 1480. The molecule has 1 amide bonds. The molecular weight excluding hydrogens is 980 g/mol. The lowest BCUT2D eigenvalue weighted by molar-refractivity contribution is -0.310. The molecule has 0 bridgehead atoms. The summed E-state index contributed by atoms with van der Waals surface area (Å²) in [5.74, 6) is -5.82. The van der Waals surface area contributed by atoms with Crippen LogP contribution in [-0.2, 0) is 51.7 Å². The number of carboxylic acids is 1. The van der Waals surface area contributed by atoms with Crippen LogP contribution < -0.4 is 10.6 Å². The number of nitrogens with one attached hydrogen (secondary N) is 2. The fourth-order valence-corrected chi connectivity index (χ4v) is 9.79. The van der Waals surface area contributed by atoms with Crippen molar-refractivity contribution >= 4 is 31.6 Å². The summed E-state index contributed by atoms with van der Waals surface area (Å²) < 4.78 is 45.2. The Morgan fingerprint density at radius 1 is 0.649 bits per heavy atom. The molecule has 1 aliphatic rings. The number of carbonyl (C=O) groups excluding carboxylic acids is 3. The Balaban J connectivity index is 2.57. The van der Waals surface area contributed by atoms with Crippen molar-refractivity contribution in [1.82, 2.24) is 10.6 Å². The van der Waals surface area contributed by atoms with Gasteiger partial charge in [0.1, 0.15) is 24.9 Å². The Labute approximate surface area is 444 Å². The first-order valence-corrected chi connectivity index (χ1v) is 30.3. The van der Waals surface area contributed by atoms with E-state index in [2.05, 4.69) is 24.5 Å². The van der Waals surface area contributed by atoms with E-state index in [1.165, 1.54) is 141 Å². The fourth-order valence-electron chi connectivity index (χ4n) is 9.04.